The van der Waals surface area contributed by atoms with Crippen LogP contribution in [0.3, 0.4) is 0 Å². The summed E-state index contributed by atoms with van der Waals surface area (Å²) in [5.74, 6) is -1.48. The SMILES string of the molecule is O=C(Cc1ccc(F)cc1F)Nc1ncccc1Br. The van der Waals surface area contributed by atoms with Gasteiger partial charge in [0.25, 0.3) is 0 Å². The van der Waals surface area contributed by atoms with Gasteiger partial charge in [-0.1, -0.05) is 6.07 Å². The van der Waals surface area contributed by atoms with Gasteiger partial charge in [-0.15, -0.1) is 0 Å². The molecule has 1 N–H and O–H groups in total. The summed E-state index contributed by atoms with van der Waals surface area (Å²) in [4.78, 5) is 15.7. The van der Waals surface area contributed by atoms with Crippen LogP contribution in [0.15, 0.2) is 41.0 Å². The summed E-state index contributed by atoms with van der Waals surface area (Å²) in [6, 6.07) is 6.54. The zero-order valence-electron chi connectivity index (χ0n) is 9.66. The van der Waals surface area contributed by atoms with E-state index in [2.05, 4.69) is 26.2 Å². The Morgan fingerprint density at radius 2 is 2.11 bits per heavy atom. The number of nitrogens with zero attached hydrogens (tertiary/aromatic N) is 1. The topological polar surface area (TPSA) is 42.0 Å². The molecule has 6 heteroatoms. The predicted molar refractivity (Wildman–Crippen MR) is 70.6 cm³/mol. The fourth-order valence-corrected chi connectivity index (χ4v) is 1.85. The van der Waals surface area contributed by atoms with Gasteiger partial charge in [-0.25, -0.2) is 13.8 Å². The Labute approximate surface area is 116 Å². The molecule has 0 bridgehead atoms. The van der Waals surface area contributed by atoms with Gasteiger partial charge >= 0.3 is 0 Å². The van der Waals surface area contributed by atoms with Gasteiger partial charge in [-0.3, -0.25) is 4.79 Å². The van der Waals surface area contributed by atoms with Gasteiger partial charge in [0, 0.05) is 12.3 Å². The lowest BCUT2D eigenvalue weighted by atomic mass is 10.1. The van der Waals surface area contributed by atoms with E-state index in [0.717, 1.165) is 12.1 Å². The maximum Gasteiger partial charge on any atom is 0.230 e. The molecule has 0 atom stereocenters. The number of nitrogens with one attached hydrogen (secondary N) is 1. The summed E-state index contributed by atoms with van der Waals surface area (Å²) < 4.78 is 26.7. The minimum atomic E-state index is -0.741. The second-order valence-corrected chi connectivity index (χ2v) is 4.65. The number of pyridine rings is 1. The van der Waals surface area contributed by atoms with E-state index in [1.807, 2.05) is 0 Å². The number of rotatable bonds is 3. The Balaban J connectivity index is 2.08. The summed E-state index contributed by atoms with van der Waals surface area (Å²) in [6.07, 6.45) is 1.34. The van der Waals surface area contributed by atoms with Crippen molar-refractivity contribution in [3.63, 3.8) is 0 Å². The zero-order valence-corrected chi connectivity index (χ0v) is 11.2. The monoisotopic (exact) mass is 326 g/mol. The van der Waals surface area contributed by atoms with Crippen LogP contribution in [0.5, 0.6) is 0 Å². The van der Waals surface area contributed by atoms with E-state index in [-0.39, 0.29) is 12.0 Å². The molecule has 1 amide bonds. The van der Waals surface area contributed by atoms with Gasteiger partial charge in [-0.2, -0.15) is 0 Å². The van der Waals surface area contributed by atoms with E-state index in [9.17, 15) is 13.6 Å². The average Bonchev–Trinajstić information content (AvgIpc) is 2.36. The summed E-state index contributed by atoms with van der Waals surface area (Å²) in [7, 11) is 0. The molecule has 2 aromatic rings. The van der Waals surface area contributed by atoms with Crippen LogP contribution in [0, 0.1) is 11.6 Å². The van der Waals surface area contributed by atoms with Crippen molar-refractivity contribution in [2.24, 2.45) is 0 Å². The van der Waals surface area contributed by atoms with Gasteiger partial charge in [0.05, 0.1) is 10.9 Å². The normalized spacial score (nSPS) is 10.3. The van der Waals surface area contributed by atoms with Crippen molar-refractivity contribution in [2.75, 3.05) is 5.32 Å². The van der Waals surface area contributed by atoms with Crippen LogP contribution < -0.4 is 5.32 Å². The Hall–Kier alpha value is -1.82. The lowest BCUT2D eigenvalue weighted by Gasteiger charge is -2.06. The third-order valence-corrected chi connectivity index (χ3v) is 3.02. The van der Waals surface area contributed by atoms with Crippen LogP contribution in [0.25, 0.3) is 0 Å². The predicted octanol–water partition coefficient (Wildman–Crippen LogP) is 3.30. The molecule has 2 rings (SSSR count). The highest BCUT2D eigenvalue weighted by molar-refractivity contribution is 9.10. The summed E-state index contributed by atoms with van der Waals surface area (Å²) >= 11 is 3.23. The maximum atomic E-state index is 13.4. The van der Waals surface area contributed by atoms with Crippen LogP contribution in [-0.4, -0.2) is 10.9 Å². The van der Waals surface area contributed by atoms with E-state index >= 15 is 0 Å². The molecule has 1 aromatic heterocycles. The molecule has 0 aliphatic rings. The van der Waals surface area contributed by atoms with Gasteiger partial charge in [-0.05, 0) is 39.7 Å². The van der Waals surface area contributed by atoms with Gasteiger partial charge in [0.1, 0.15) is 17.5 Å². The highest BCUT2D eigenvalue weighted by Gasteiger charge is 2.11. The third kappa shape index (κ3) is 3.57. The van der Waals surface area contributed by atoms with Crippen molar-refractivity contribution < 1.29 is 13.6 Å². The molecule has 3 nitrogen and oxygen atoms in total. The van der Waals surface area contributed by atoms with Gasteiger partial charge < -0.3 is 5.32 Å². The van der Waals surface area contributed by atoms with Crippen molar-refractivity contribution in [3.05, 3.63) is 58.2 Å². The fourth-order valence-electron chi connectivity index (χ4n) is 1.49. The third-order valence-electron chi connectivity index (χ3n) is 2.38. The maximum absolute atomic E-state index is 13.4. The first kappa shape index (κ1) is 13.6. The number of aromatic nitrogens is 1. The summed E-state index contributed by atoms with van der Waals surface area (Å²) in [6.45, 7) is 0. The minimum absolute atomic E-state index is 0.131. The largest absolute Gasteiger partial charge is 0.309 e. The molecule has 0 saturated carbocycles. The molecule has 0 saturated heterocycles. The van der Waals surface area contributed by atoms with Gasteiger partial charge in [0.2, 0.25) is 5.91 Å². The second kappa shape index (κ2) is 5.88. The number of benzene rings is 1. The van der Waals surface area contributed by atoms with E-state index in [1.54, 1.807) is 12.1 Å². The lowest BCUT2D eigenvalue weighted by Crippen LogP contribution is -2.16. The average molecular weight is 327 g/mol. The van der Waals surface area contributed by atoms with Crippen LogP contribution in [0.1, 0.15) is 5.56 Å². The van der Waals surface area contributed by atoms with Crippen molar-refractivity contribution >= 4 is 27.7 Å². The molecule has 98 valence electrons. The first-order valence-corrected chi connectivity index (χ1v) is 6.20. The van der Waals surface area contributed by atoms with Crippen molar-refractivity contribution in [1.29, 1.82) is 0 Å². The zero-order chi connectivity index (χ0) is 13.8. The van der Waals surface area contributed by atoms with E-state index in [0.29, 0.717) is 10.3 Å². The van der Waals surface area contributed by atoms with Gasteiger partial charge in [0.15, 0.2) is 0 Å². The number of amides is 1. The smallest absolute Gasteiger partial charge is 0.230 e. The Kier molecular flexibility index (Phi) is 4.21. The quantitative estimate of drug-likeness (QED) is 0.940. The Morgan fingerprint density at radius 1 is 1.32 bits per heavy atom. The molecule has 1 aromatic carbocycles. The number of carbonyl (C=O) groups excluding carboxylic acids is 1. The molecule has 0 aliphatic carbocycles. The number of hydrogen-bond donors (Lipinski definition) is 1. The molecule has 1 heterocycles. The highest BCUT2D eigenvalue weighted by Crippen LogP contribution is 2.18. The lowest BCUT2D eigenvalue weighted by molar-refractivity contribution is -0.115. The standard InChI is InChI=1S/C13H9BrF2N2O/c14-10-2-1-5-17-13(10)18-12(19)6-8-3-4-9(15)7-11(8)16/h1-5,7H,6H2,(H,17,18,19). The summed E-state index contributed by atoms with van der Waals surface area (Å²) in [5.41, 5.74) is 0.131. The fraction of sp³-hybridized carbons (Fsp3) is 0.0769. The molecule has 0 fully saturated rings. The van der Waals surface area contributed by atoms with Crippen molar-refractivity contribution in [1.82, 2.24) is 4.98 Å². The summed E-state index contributed by atoms with van der Waals surface area (Å²) in [5, 5.41) is 2.54. The molecule has 19 heavy (non-hydrogen) atoms. The molecule has 0 spiro atoms. The Bertz CT molecular complexity index is 619. The van der Waals surface area contributed by atoms with Crippen LogP contribution in [0.4, 0.5) is 14.6 Å². The molecular formula is C13H9BrF2N2O. The minimum Gasteiger partial charge on any atom is -0.309 e. The molecule has 0 aliphatic heterocycles. The number of halogens is 3. The Morgan fingerprint density at radius 3 is 2.79 bits per heavy atom. The van der Waals surface area contributed by atoms with Crippen LogP contribution in [-0.2, 0) is 11.2 Å². The van der Waals surface area contributed by atoms with E-state index in [1.165, 1.54) is 12.3 Å². The van der Waals surface area contributed by atoms with Crippen LogP contribution in [0.2, 0.25) is 0 Å². The molecule has 0 unspecified atom stereocenters. The number of hydrogen-bond acceptors (Lipinski definition) is 2. The number of anilines is 1. The molecule has 0 radical (unpaired) electrons. The van der Waals surface area contributed by atoms with Crippen molar-refractivity contribution in [2.45, 2.75) is 6.42 Å². The van der Waals surface area contributed by atoms with E-state index < -0.39 is 17.5 Å². The first-order chi connectivity index (χ1) is 9.06. The van der Waals surface area contributed by atoms with E-state index in [4.69, 9.17) is 0 Å². The molecular weight excluding hydrogens is 318 g/mol. The number of carbonyl (C=O) groups is 1. The van der Waals surface area contributed by atoms with Crippen molar-refractivity contribution in [3.8, 4) is 0 Å². The van der Waals surface area contributed by atoms with Crippen LogP contribution >= 0.6 is 15.9 Å². The highest BCUT2D eigenvalue weighted by atomic mass is 79.9. The first-order valence-electron chi connectivity index (χ1n) is 5.40. The second-order valence-electron chi connectivity index (χ2n) is 3.79.